The second-order valence-corrected chi connectivity index (χ2v) is 4.09. The molecule has 0 saturated heterocycles. The van der Waals surface area contributed by atoms with Gasteiger partial charge in [0.25, 0.3) is 0 Å². The van der Waals surface area contributed by atoms with Crippen molar-refractivity contribution in [2.24, 2.45) is 5.73 Å². The molecule has 2 aromatic rings. The van der Waals surface area contributed by atoms with Crippen LogP contribution in [0.4, 0.5) is 11.5 Å². The summed E-state index contributed by atoms with van der Waals surface area (Å²) in [5, 5.41) is 3.17. The van der Waals surface area contributed by atoms with Crippen LogP contribution in [-0.2, 0) is 0 Å². The molecular formula is C13H13N3OS. The lowest BCUT2D eigenvalue weighted by atomic mass is 10.2. The number of pyridine rings is 1. The number of nitrogens with two attached hydrogens (primary N) is 1. The van der Waals surface area contributed by atoms with E-state index in [4.69, 9.17) is 22.7 Å². The van der Waals surface area contributed by atoms with Crippen LogP contribution in [0.2, 0.25) is 0 Å². The first-order chi connectivity index (χ1) is 8.69. The third kappa shape index (κ3) is 2.95. The van der Waals surface area contributed by atoms with E-state index in [1.165, 1.54) is 0 Å². The molecule has 0 aliphatic rings. The minimum atomic E-state index is 0.346. The number of benzene rings is 1. The Morgan fingerprint density at radius 2 is 1.94 bits per heavy atom. The van der Waals surface area contributed by atoms with Crippen molar-refractivity contribution >= 4 is 28.7 Å². The Labute approximate surface area is 111 Å². The van der Waals surface area contributed by atoms with E-state index in [-0.39, 0.29) is 0 Å². The van der Waals surface area contributed by atoms with Crippen LogP contribution in [0.25, 0.3) is 0 Å². The van der Waals surface area contributed by atoms with E-state index >= 15 is 0 Å². The monoisotopic (exact) mass is 259 g/mol. The van der Waals surface area contributed by atoms with Crippen LogP contribution >= 0.6 is 12.2 Å². The van der Waals surface area contributed by atoms with Gasteiger partial charge in [-0.15, -0.1) is 0 Å². The molecule has 5 heteroatoms. The molecule has 0 saturated carbocycles. The third-order valence-corrected chi connectivity index (χ3v) is 2.65. The van der Waals surface area contributed by atoms with Crippen LogP contribution in [0.1, 0.15) is 5.56 Å². The molecule has 92 valence electrons. The lowest BCUT2D eigenvalue weighted by Crippen LogP contribution is -2.09. The number of methoxy groups -OCH3 is 1. The van der Waals surface area contributed by atoms with Crippen LogP contribution in [0.15, 0.2) is 42.6 Å². The minimum Gasteiger partial charge on any atom is -0.497 e. The van der Waals surface area contributed by atoms with Crippen molar-refractivity contribution in [3.63, 3.8) is 0 Å². The van der Waals surface area contributed by atoms with Crippen LogP contribution < -0.4 is 15.8 Å². The smallest absolute Gasteiger partial charge is 0.130 e. The highest BCUT2D eigenvalue weighted by Crippen LogP contribution is 2.18. The number of rotatable bonds is 4. The maximum atomic E-state index is 5.51. The molecule has 0 bridgehead atoms. The zero-order valence-electron chi connectivity index (χ0n) is 9.88. The molecule has 1 aromatic carbocycles. The lowest BCUT2D eigenvalue weighted by molar-refractivity contribution is 0.415. The molecule has 3 N–H and O–H groups in total. The third-order valence-electron chi connectivity index (χ3n) is 2.41. The number of nitrogens with one attached hydrogen (secondary N) is 1. The Morgan fingerprint density at radius 3 is 2.44 bits per heavy atom. The summed E-state index contributed by atoms with van der Waals surface area (Å²) in [5.74, 6) is 1.55. The fourth-order valence-electron chi connectivity index (χ4n) is 1.44. The van der Waals surface area contributed by atoms with Crippen molar-refractivity contribution < 1.29 is 4.74 Å². The maximum Gasteiger partial charge on any atom is 0.130 e. The van der Waals surface area contributed by atoms with Crippen molar-refractivity contribution in [1.82, 2.24) is 4.98 Å². The van der Waals surface area contributed by atoms with Crippen molar-refractivity contribution in [2.75, 3.05) is 12.4 Å². The molecule has 2 rings (SSSR count). The van der Waals surface area contributed by atoms with Crippen molar-refractivity contribution in [1.29, 1.82) is 0 Å². The number of hydrogen-bond acceptors (Lipinski definition) is 4. The molecule has 0 fully saturated rings. The predicted molar refractivity (Wildman–Crippen MR) is 76.4 cm³/mol. The summed E-state index contributed by atoms with van der Waals surface area (Å²) >= 11 is 4.87. The summed E-state index contributed by atoms with van der Waals surface area (Å²) in [7, 11) is 1.64. The number of hydrogen-bond donors (Lipinski definition) is 2. The van der Waals surface area contributed by atoms with Gasteiger partial charge in [-0.25, -0.2) is 4.98 Å². The zero-order chi connectivity index (χ0) is 13.0. The summed E-state index contributed by atoms with van der Waals surface area (Å²) in [4.78, 5) is 4.57. The van der Waals surface area contributed by atoms with Gasteiger partial charge in [0.1, 0.15) is 16.6 Å². The number of ether oxygens (including phenoxy) is 1. The van der Waals surface area contributed by atoms with Crippen molar-refractivity contribution in [3.8, 4) is 5.75 Å². The summed E-state index contributed by atoms with van der Waals surface area (Å²) in [6.45, 7) is 0. The van der Waals surface area contributed by atoms with Gasteiger partial charge in [0.05, 0.1) is 7.11 Å². The van der Waals surface area contributed by atoms with E-state index < -0.39 is 0 Å². The molecule has 4 nitrogen and oxygen atoms in total. The Morgan fingerprint density at radius 1 is 1.22 bits per heavy atom. The van der Waals surface area contributed by atoms with Gasteiger partial charge in [-0.05, 0) is 36.4 Å². The van der Waals surface area contributed by atoms with Crippen LogP contribution in [-0.4, -0.2) is 17.1 Å². The van der Waals surface area contributed by atoms with E-state index in [0.29, 0.717) is 4.99 Å². The van der Waals surface area contributed by atoms with E-state index in [2.05, 4.69) is 10.3 Å². The Hall–Kier alpha value is -2.14. The van der Waals surface area contributed by atoms with Crippen LogP contribution in [0.5, 0.6) is 5.75 Å². The van der Waals surface area contributed by atoms with Gasteiger partial charge < -0.3 is 15.8 Å². The highest BCUT2D eigenvalue weighted by molar-refractivity contribution is 7.80. The topological polar surface area (TPSA) is 60.2 Å². The van der Waals surface area contributed by atoms with Gasteiger partial charge >= 0.3 is 0 Å². The average molecular weight is 259 g/mol. The van der Waals surface area contributed by atoms with Crippen LogP contribution in [0, 0.1) is 0 Å². The fourth-order valence-corrected chi connectivity index (χ4v) is 1.56. The van der Waals surface area contributed by atoms with Gasteiger partial charge in [0.15, 0.2) is 0 Å². The van der Waals surface area contributed by atoms with Gasteiger partial charge in [0, 0.05) is 17.4 Å². The molecule has 18 heavy (non-hydrogen) atoms. The molecular weight excluding hydrogens is 246 g/mol. The number of nitrogens with zero attached hydrogens (tertiary/aromatic N) is 1. The predicted octanol–water partition coefficient (Wildman–Crippen LogP) is 2.47. The van der Waals surface area contributed by atoms with Crippen LogP contribution in [0.3, 0.4) is 0 Å². The Kier molecular flexibility index (Phi) is 3.74. The fraction of sp³-hybridized carbons (Fsp3) is 0.0769. The highest BCUT2D eigenvalue weighted by Gasteiger charge is 1.99. The Bertz CT molecular complexity index is 537. The molecule has 0 aliphatic carbocycles. The highest BCUT2D eigenvalue weighted by atomic mass is 32.1. The van der Waals surface area contributed by atoms with E-state index in [0.717, 1.165) is 22.8 Å². The second-order valence-electron chi connectivity index (χ2n) is 3.65. The zero-order valence-corrected chi connectivity index (χ0v) is 10.7. The molecule has 0 radical (unpaired) electrons. The first-order valence-corrected chi connectivity index (χ1v) is 5.77. The molecule has 0 aliphatic heterocycles. The standard InChI is InChI=1S/C13H13N3OS/c1-17-11-5-3-10(4-6-11)16-12-7-2-9(8-15-12)13(14)18/h2-8H,1H3,(H2,14,18)(H,15,16). The van der Waals surface area contributed by atoms with Gasteiger partial charge in [0.2, 0.25) is 0 Å². The van der Waals surface area contributed by atoms with E-state index in [9.17, 15) is 0 Å². The molecule has 0 amide bonds. The van der Waals surface area contributed by atoms with Gasteiger partial charge in [-0.2, -0.15) is 0 Å². The number of thiocarbonyl (C=S) groups is 1. The summed E-state index contributed by atoms with van der Waals surface area (Å²) in [5.41, 5.74) is 7.20. The van der Waals surface area contributed by atoms with E-state index in [1.54, 1.807) is 13.3 Å². The minimum absolute atomic E-state index is 0.346. The SMILES string of the molecule is COc1ccc(Nc2ccc(C(N)=S)cn2)cc1. The molecule has 0 atom stereocenters. The van der Waals surface area contributed by atoms with E-state index in [1.807, 2.05) is 36.4 Å². The lowest BCUT2D eigenvalue weighted by Gasteiger charge is -2.07. The summed E-state index contributed by atoms with van der Waals surface area (Å²) in [6.07, 6.45) is 1.65. The summed E-state index contributed by atoms with van der Waals surface area (Å²) in [6, 6.07) is 11.3. The quantitative estimate of drug-likeness (QED) is 0.826. The van der Waals surface area contributed by atoms with Crippen molar-refractivity contribution in [2.45, 2.75) is 0 Å². The molecule has 1 aromatic heterocycles. The second kappa shape index (κ2) is 5.46. The number of aromatic nitrogens is 1. The van der Waals surface area contributed by atoms with Crippen molar-refractivity contribution in [3.05, 3.63) is 48.2 Å². The molecule has 0 unspecified atom stereocenters. The first kappa shape index (κ1) is 12.3. The largest absolute Gasteiger partial charge is 0.497 e. The van der Waals surface area contributed by atoms with Gasteiger partial charge in [-0.3, -0.25) is 0 Å². The number of anilines is 2. The van der Waals surface area contributed by atoms with Gasteiger partial charge in [-0.1, -0.05) is 12.2 Å². The maximum absolute atomic E-state index is 5.51. The molecule has 0 spiro atoms. The molecule has 1 heterocycles. The Balaban J connectivity index is 2.10. The average Bonchev–Trinajstić information content (AvgIpc) is 2.40. The first-order valence-electron chi connectivity index (χ1n) is 5.36. The normalized spacial score (nSPS) is 9.83. The summed E-state index contributed by atoms with van der Waals surface area (Å²) < 4.78 is 5.09.